The van der Waals surface area contributed by atoms with Crippen LogP contribution >= 0.6 is 0 Å². The van der Waals surface area contributed by atoms with Crippen molar-refractivity contribution in [1.82, 2.24) is 0 Å². The van der Waals surface area contributed by atoms with Crippen molar-refractivity contribution in [3.05, 3.63) is 59.2 Å². The zero-order valence-electron chi connectivity index (χ0n) is 11.4. The summed E-state index contributed by atoms with van der Waals surface area (Å²) < 4.78 is 0. The van der Waals surface area contributed by atoms with Crippen LogP contribution in [-0.4, -0.2) is 13.0 Å². The highest BCUT2D eigenvalue weighted by atomic mass is 16.1. The van der Waals surface area contributed by atoms with Crippen molar-refractivity contribution < 1.29 is 4.79 Å². The monoisotopic (exact) mass is 254 g/mol. The Hall–Kier alpha value is -2.29. The molecule has 0 aromatic heterocycles. The first kappa shape index (κ1) is 13.1. The zero-order chi connectivity index (χ0) is 13.8. The molecule has 0 unspecified atom stereocenters. The fourth-order valence-corrected chi connectivity index (χ4v) is 1.84. The summed E-state index contributed by atoms with van der Waals surface area (Å²) in [5, 5.41) is 5.93. The Morgan fingerprint density at radius 1 is 0.947 bits per heavy atom. The van der Waals surface area contributed by atoms with Gasteiger partial charge in [-0.25, -0.2) is 0 Å². The molecule has 0 atom stereocenters. The van der Waals surface area contributed by atoms with Crippen molar-refractivity contribution >= 4 is 17.3 Å². The molecule has 0 aliphatic rings. The lowest BCUT2D eigenvalue weighted by Crippen LogP contribution is -2.12. The van der Waals surface area contributed by atoms with Crippen molar-refractivity contribution in [2.24, 2.45) is 0 Å². The van der Waals surface area contributed by atoms with Gasteiger partial charge >= 0.3 is 0 Å². The minimum atomic E-state index is -0.0969. The number of hydrogen-bond donors (Lipinski definition) is 2. The lowest BCUT2D eigenvalue weighted by molar-refractivity contribution is 0.102. The zero-order valence-corrected chi connectivity index (χ0v) is 11.4. The summed E-state index contributed by atoms with van der Waals surface area (Å²) in [6.07, 6.45) is 0. The van der Waals surface area contributed by atoms with Gasteiger partial charge in [0.1, 0.15) is 0 Å². The third-order valence-electron chi connectivity index (χ3n) is 3.18. The predicted octanol–water partition coefficient (Wildman–Crippen LogP) is 3.60. The van der Waals surface area contributed by atoms with Crippen molar-refractivity contribution in [2.75, 3.05) is 17.7 Å². The van der Waals surface area contributed by atoms with Gasteiger partial charge in [-0.1, -0.05) is 12.1 Å². The summed E-state index contributed by atoms with van der Waals surface area (Å²) in [5.74, 6) is -0.0969. The molecule has 0 aliphatic carbocycles. The second-order valence-electron chi connectivity index (χ2n) is 4.58. The molecule has 0 fully saturated rings. The SMILES string of the molecule is CNc1cccc(C(=O)Nc2ccc(C)c(C)c2)c1. The van der Waals surface area contributed by atoms with E-state index in [1.165, 1.54) is 11.1 Å². The van der Waals surface area contributed by atoms with Crippen LogP contribution in [0.3, 0.4) is 0 Å². The lowest BCUT2D eigenvalue weighted by Gasteiger charge is -2.08. The summed E-state index contributed by atoms with van der Waals surface area (Å²) in [6, 6.07) is 13.3. The minimum Gasteiger partial charge on any atom is -0.388 e. The second kappa shape index (κ2) is 5.57. The standard InChI is InChI=1S/C16H18N2O/c1-11-7-8-15(9-12(11)2)18-16(19)13-5-4-6-14(10-13)17-3/h4-10,17H,1-3H3,(H,18,19). The maximum atomic E-state index is 12.1. The molecule has 0 spiro atoms. The van der Waals surface area contributed by atoms with Crippen molar-refractivity contribution in [3.63, 3.8) is 0 Å². The summed E-state index contributed by atoms with van der Waals surface area (Å²) in [7, 11) is 1.83. The van der Waals surface area contributed by atoms with E-state index in [2.05, 4.69) is 17.6 Å². The third kappa shape index (κ3) is 3.13. The fraction of sp³-hybridized carbons (Fsp3) is 0.188. The number of aryl methyl sites for hydroxylation is 2. The number of hydrogen-bond acceptors (Lipinski definition) is 2. The van der Waals surface area contributed by atoms with Crippen LogP contribution in [0.1, 0.15) is 21.5 Å². The number of carbonyl (C=O) groups excluding carboxylic acids is 1. The molecule has 19 heavy (non-hydrogen) atoms. The molecule has 3 nitrogen and oxygen atoms in total. The predicted molar refractivity (Wildman–Crippen MR) is 79.9 cm³/mol. The number of amides is 1. The Kier molecular flexibility index (Phi) is 3.85. The normalized spacial score (nSPS) is 10.1. The maximum absolute atomic E-state index is 12.1. The number of carbonyl (C=O) groups is 1. The van der Waals surface area contributed by atoms with E-state index < -0.39 is 0 Å². The summed E-state index contributed by atoms with van der Waals surface area (Å²) >= 11 is 0. The van der Waals surface area contributed by atoms with Crippen LogP contribution in [0.5, 0.6) is 0 Å². The number of anilines is 2. The van der Waals surface area contributed by atoms with Crippen molar-refractivity contribution in [3.8, 4) is 0 Å². The summed E-state index contributed by atoms with van der Waals surface area (Å²) in [4.78, 5) is 12.1. The van der Waals surface area contributed by atoms with Gasteiger partial charge in [0.25, 0.3) is 5.91 Å². The molecule has 0 aliphatic heterocycles. The minimum absolute atomic E-state index is 0.0969. The van der Waals surface area contributed by atoms with Gasteiger partial charge in [0.15, 0.2) is 0 Å². The molecule has 2 aromatic carbocycles. The quantitative estimate of drug-likeness (QED) is 0.878. The van der Waals surface area contributed by atoms with Gasteiger partial charge in [-0.15, -0.1) is 0 Å². The van der Waals surface area contributed by atoms with E-state index in [1.807, 2.05) is 50.4 Å². The Morgan fingerprint density at radius 3 is 2.42 bits per heavy atom. The first-order valence-electron chi connectivity index (χ1n) is 6.26. The molecule has 1 amide bonds. The Balaban J connectivity index is 2.18. The fourth-order valence-electron chi connectivity index (χ4n) is 1.84. The molecule has 0 radical (unpaired) electrons. The van der Waals surface area contributed by atoms with E-state index in [0.717, 1.165) is 11.4 Å². The molecule has 98 valence electrons. The van der Waals surface area contributed by atoms with Crippen molar-refractivity contribution in [2.45, 2.75) is 13.8 Å². The lowest BCUT2D eigenvalue weighted by atomic mass is 10.1. The van der Waals surface area contributed by atoms with E-state index >= 15 is 0 Å². The van der Waals surface area contributed by atoms with Crippen LogP contribution < -0.4 is 10.6 Å². The molecule has 0 bridgehead atoms. The highest BCUT2D eigenvalue weighted by Crippen LogP contribution is 2.16. The largest absolute Gasteiger partial charge is 0.388 e. The van der Waals surface area contributed by atoms with Gasteiger partial charge in [-0.05, 0) is 55.3 Å². The Morgan fingerprint density at radius 2 is 1.74 bits per heavy atom. The highest BCUT2D eigenvalue weighted by molar-refractivity contribution is 6.04. The van der Waals surface area contributed by atoms with Crippen molar-refractivity contribution in [1.29, 1.82) is 0 Å². The maximum Gasteiger partial charge on any atom is 0.255 e. The molecule has 0 heterocycles. The van der Waals surface area contributed by atoms with Gasteiger partial charge < -0.3 is 10.6 Å². The molecule has 2 aromatic rings. The summed E-state index contributed by atoms with van der Waals surface area (Å²) in [5.41, 5.74) is 4.78. The number of benzene rings is 2. The van der Waals surface area contributed by atoms with E-state index in [9.17, 15) is 4.79 Å². The molecule has 0 saturated heterocycles. The van der Waals surface area contributed by atoms with Gasteiger partial charge in [-0.3, -0.25) is 4.79 Å². The Labute approximate surface area is 113 Å². The van der Waals surface area contributed by atoms with Crippen LogP contribution in [0.25, 0.3) is 0 Å². The van der Waals surface area contributed by atoms with Crippen LogP contribution in [0, 0.1) is 13.8 Å². The van der Waals surface area contributed by atoms with Crippen LogP contribution in [-0.2, 0) is 0 Å². The number of rotatable bonds is 3. The van der Waals surface area contributed by atoms with Gasteiger partial charge in [0.05, 0.1) is 0 Å². The van der Waals surface area contributed by atoms with E-state index in [0.29, 0.717) is 5.56 Å². The Bertz CT molecular complexity index is 605. The second-order valence-corrected chi connectivity index (χ2v) is 4.58. The van der Waals surface area contributed by atoms with Crippen LogP contribution in [0.4, 0.5) is 11.4 Å². The average Bonchev–Trinajstić information content (AvgIpc) is 2.43. The first-order chi connectivity index (χ1) is 9.10. The molecule has 3 heteroatoms. The van der Waals surface area contributed by atoms with E-state index in [-0.39, 0.29) is 5.91 Å². The molecular weight excluding hydrogens is 236 g/mol. The van der Waals surface area contributed by atoms with Crippen LogP contribution in [0.2, 0.25) is 0 Å². The molecule has 0 saturated carbocycles. The van der Waals surface area contributed by atoms with Crippen LogP contribution in [0.15, 0.2) is 42.5 Å². The molecule has 2 N–H and O–H groups in total. The topological polar surface area (TPSA) is 41.1 Å². The average molecular weight is 254 g/mol. The van der Waals surface area contributed by atoms with Gasteiger partial charge in [-0.2, -0.15) is 0 Å². The van der Waals surface area contributed by atoms with Gasteiger partial charge in [0.2, 0.25) is 0 Å². The summed E-state index contributed by atoms with van der Waals surface area (Å²) in [6.45, 7) is 4.09. The number of nitrogens with one attached hydrogen (secondary N) is 2. The molecular formula is C16H18N2O. The third-order valence-corrected chi connectivity index (χ3v) is 3.18. The first-order valence-corrected chi connectivity index (χ1v) is 6.26. The van der Waals surface area contributed by atoms with E-state index in [1.54, 1.807) is 6.07 Å². The van der Waals surface area contributed by atoms with E-state index in [4.69, 9.17) is 0 Å². The van der Waals surface area contributed by atoms with Gasteiger partial charge in [0, 0.05) is 24.0 Å². The molecule has 2 rings (SSSR count). The highest BCUT2D eigenvalue weighted by Gasteiger charge is 2.07. The smallest absolute Gasteiger partial charge is 0.255 e.